The average molecular weight is 523 g/mol. The number of ether oxygens (including phenoxy) is 1. The number of thiocarbonyl (C=S) groups is 2. The van der Waals surface area contributed by atoms with Crippen molar-refractivity contribution < 1.29 is 22.3 Å². The fourth-order valence-electron chi connectivity index (χ4n) is 2.88. The van der Waals surface area contributed by atoms with Gasteiger partial charge >= 0.3 is 12.5 Å². The molecule has 0 bridgehead atoms. The Labute approximate surface area is 210 Å². The van der Waals surface area contributed by atoms with Crippen LogP contribution in [0.15, 0.2) is 78.9 Å². The molecule has 0 aliphatic carbocycles. The van der Waals surface area contributed by atoms with E-state index in [9.17, 15) is 17.6 Å². The van der Waals surface area contributed by atoms with Crippen molar-refractivity contribution in [2.45, 2.75) is 25.6 Å². The Morgan fingerprint density at radius 3 is 1.80 bits per heavy atom. The fraction of sp³-hybridized carbons (Fsp3) is 0.167. The Hall–Kier alpha value is -3.44. The van der Waals surface area contributed by atoms with Gasteiger partial charge in [0.25, 0.3) is 0 Å². The van der Waals surface area contributed by atoms with Crippen LogP contribution < -0.4 is 26.0 Å². The van der Waals surface area contributed by atoms with E-state index in [1.54, 1.807) is 0 Å². The minimum Gasteiger partial charge on any atom is -0.426 e. The molecule has 0 heterocycles. The lowest BCUT2D eigenvalue weighted by Gasteiger charge is -2.21. The van der Waals surface area contributed by atoms with E-state index in [0.717, 1.165) is 17.2 Å². The third kappa shape index (κ3) is 8.37. The van der Waals surface area contributed by atoms with Crippen LogP contribution in [0.1, 0.15) is 11.1 Å². The first-order valence-corrected chi connectivity index (χ1v) is 11.2. The summed E-state index contributed by atoms with van der Waals surface area (Å²) in [4.78, 5) is 0. The van der Waals surface area contributed by atoms with Crippen LogP contribution in [0, 0.1) is 0 Å². The van der Waals surface area contributed by atoms with Crippen LogP contribution in [0.4, 0.5) is 28.9 Å². The Balaban J connectivity index is 1.70. The van der Waals surface area contributed by atoms with Gasteiger partial charge in [-0.15, -0.1) is 0 Å². The van der Waals surface area contributed by atoms with Crippen molar-refractivity contribution in [3.05, 3.63) is 90.0 Å². The molecule has 0 fully saturated rings. The van der Waals surface area contributed by atoms with Gasteiger partial charge in [-0.2, -0.15) is 17.6 Å². The highest BCUT2D eigenvalue weighted by molar-refractivity contribution is 7.80. The van der Waals surface area contributed by atoms with E-state index >= 15 is 0 Å². The van der Waals surface area contributed by atoms with Gasteiger partial charge in [0, 0.05) is 18.8 Å². The largest absolute Gasteiger partial charge is 0.461 e. The fourth-order valence-corrected chi connectivity index (χ4v) is 3.26. The van der Waals surface area contributed by atoms with E-state index in [-0.39, 0.29) is 15.9 Å². The molecule has 0 spiro atoms. The number of rotatable bonds is 9. The van der Waals surface area contributed by atoms with Gasteiger partial charge in [-0.05, 0) is 53.8 Å². The first-order valence-electron chi connectivity index (χ1n) is 10.4. The van der Waals surface area contributed by atoms with Crippen molar-refractivity contribution in [1.82, 2.24) is 10.6 Å². The first kappa shape index (κ1) is 26.2. The molecule has 3 rings (SSSR count). The van der Waals surface area contributed by atoms with E-state index < -0.39 is 18.3 Å². The van der Waals surface area contributed by atoms with E-state index in [1.165, 1.54) is 12.1 Å². The zero-order valence-corrected chi connectivity index (χ0v) is 19.9. The average Bonchev–Trinajstić information content (AvgIpc) is 2.84. The number of alkyl halides is 4. The van der Waals surface area contributed by atoms with Gasteiger partial charge in [0.15, 0.2) is 10.2 Å². The number of anilines is 2. The third-order valence-corrected chi connectivity index (χ3v) is 5.07. The molecule has 0 aliphatic rings. The van der Waals surface area contributed by atoms with Crippen LogP contribution in [0.25, 0.3) is 0 Å². The summed E-state index contributed by atoms with van der Waals surface area (Å²) in [6, 6.07) is 22.8. The molecular formula is C24H22F4N4OS2. The molecule has 0 aromatic heterocycles. The molecule has 0 saturated carbocycles. The summed E-state index contributed by atoms with van der Waals surface area (Å²) in [7, 11) is 0. The number of nitrogens with one attached hydrogen (secondary N) is 4. The maximum atomic E-state index is 13.6. The smallest absolute Gasteiger partial charge is 0.426 e. The predicted molar refractivity (Wildman–Crippen MR) is 137 cm³/mol. The maximum absolute atomic E-state index is 13.6. The summed E-state index contributed by atoms with van der Waals surface area (Å²) >= 11 is 10.5. The number of hydrogen-bond donors (Lipinski definition) is 4. The van der Waals surface area contributed by atoms with Crippen molar-refractivity contribution in [1.29, 1.82) is 0 Å². The van der Waals surface area contributed by atoms with Crippen molar-refractivity contribution >= 4 is 46.0 Å². The predicted octanol–water partition coefficient (Wildman–Crippen LogP) is 5.90. The first-order chi connectivity index (χ1) is 16.7. The molecule has 3 aromatic rings. The Kier molecular flexibility index (Phi) is 9.21. The van der Waals surface area contributed by atoms with Gasteiger partial charge in [-0.1, -0.05) is 60.7 Å². The van der Waals surface area contributed by atoms with Crippen LogP contribution in [-0.2, 0) is 13.1 Å². The van der Waals surface area contributed by atoms with E-state index in [2.05, 4.69) is 26.0 Å². The Morgan fingerprint density at radius 1 is 0.771 bits per heavy atom. The summed E-state index contributed by atoms with van der Waals surface area (Å²) in [5, 5.41) is 12.0. The topological polar surface area (TPSA) is 57.4 Å². The molecule has 5 nitrogen and oxygen atoms in total. The highest BCUT2D eigenvalue weighted by Gasteiger charge is 2.44. The molecule has 0 atom stereocenters. The zero-order valence-electron chi connectivity index (χ0n) is 18.2. The number of halogens is 4. The summed E-state index contributed by atoms with van der Waals surface area (Å²) < 4.78 is 56.9. The highest BCUT2D eigenvalue weighted by Crippen LogP contribution is 2.34. The maximum Gasteiger partial charge on any atom is 0.461 e. The van der Waals surface area contributed by atoms with E-state index in [1.807, 2.05) is 60.7 Å². The molecule has 35 heavy (non-hydrogen) atoms. The summed E-state index contributed by atoms with van der Waals surface area (Å²) in [6.45, 7) is 0.828. The number of hydrogen-bond acceptors (Lipinski definition) is 3. The number of benzene rings is 3. The minimum atomic E-state index is -4.68. The molecule has 0 aliphatic heterocycles. The quantitative estimate of drug-likeness (QED) is 0.206. The standard InChI is InChI=1S/C24H22F4N4OS2/c25-21(26)24(27,28)33-20-12-11-18(31-22(34)29-14-16-7-3-1-4-8-16)13-19(20)32-23(35)30-15-17-9-5-2-6-10-17/h1-13,21H,14-15H2,(H2,29,31,34)(H2,30,32,35). The normalized spacial score (nSPS) is 11.0. The zero-order chi connectivity index (χ0) is 25.3. The molecule has 0 unspecified atom stereocenters. The minimum absolute atomic E-state index is 0.0493. The molecule has 11 heteroatoms. The van der Waals surface area contributed by atoms with Gasteiger partial charge in [-0.3, -0.25) is 0 Å². The van der Waals surface area contributed by atoms with Gasteiger partial charge in [0.05, 0.1) is 5.69 Å². The van der Waals surface area contributed by atoms with Crippen molar-refractivity contribution in [3.8, 4) is 5.75 Å². The van der Waals surface area contributed by atoms with Crippen LogP contribution in [0.2, 0.25) is 0 Å². The molecular weight excluding hydrogens is 500 g/mol. The highest BCUT2D eigenvalue weighted by atomic mass is 32.1. The van der Waals surface area contributed by atoms with Gasteiger partial charge in [0.1, 0.15) is 5.75 Å². The lowest BCUT2D eigenvalue weighted by molar-refractivity contribution is -0.252. The Morgan fingerprint density at radius 2 is 1.29 bits per heavy atom. The second-order valence-corrected chi connectivity index (χ2v) is 8.08. The molecule has 4 N–H and O–H groups in total. The molecule has 3 aromatic carbocycles. The van der Waals surface area contributed by atoms with Crippen LogP contribution in [0.5, 0.6) is 5.75 Å². The van der Waals surface area contributed by atoms with Crippen LogP contribution >= 0.6 is 24.4 Å². The SMILES string of the molecule is FC(F)C(F)(F)Oc1ccc(NC(=S)NCc2ccccc2)cc1NC(=S)NCc1ccccc1. The van der Waals surface area contributed by atoms with Crippen LogP contribution in [-0.4, -0.2) is 22.8 Å². The molecule has 0 saturated heterocycles. The van der Waals surface area contributed by atoms with Crippen molar-refractivity contribution in [2.75, 3.05) is 10.6 Å². The summed E-state index contributed by atoms with van der Waals surface area (Å²) in [5.41, 5.74) is 2.29. The second kappa shape index (κ2) is 12.3. The van der Waals surface area contributed by atoms with E-state index in [0.29, 0.717) is 18.8 Å². The van der Waals surface area contributed by atoms with Crippen molar-refractivity contribution in [2.24, 2.45) is 0 Å². The Bertz CT molecular complexity index is 1130. The summed E-state index contributed by atoms with van der Waals surface area (Å²) in [5.74, 6) is -0.507. The molecule has 184 valence electrons. The lowest BCUT2D eigenvalue weighted by Crippen LogP contribution is -2.34. The van der Waals surface area contributed by atoms with E-state index in [4.69, 9.17) is 24.4 Å². The van der Waals surface area contributed by atoms with Crippen molar-refractivity contribution in [3.63, 3.8) is 0 Å². The van der Waals surface area contributed by atoms with Gasteiger partial charge in [0.2, 0.25) is 0 Å². The summed E-state index contributed by atoms with van der Waals surface area (Å²) in [6.07, 6.45) is -8.69. The molecule has 0 amide bonds. The lowest BCUT2D eigenvalue weighted by atomic mass is 10.2. The second-order valence-electron chi connectivity index (χ2n) is 7.26. The monoisotopic (exact) mass is 522 g/mol. The molecule has 0 radical (unpaired) electrons. The van der Waals surface area contributed by atoms with Gasteiger partial charge < -0.3 is 26.0 Å². The van der Waals surface area contributed by atoms with Crippen LogP contribution in [0.3, 0.4) is 0 Å². The van der Waals surface area contributed by atoms with Gasteiger partial charge in [-0.25, -0.2) is 0 Å². The third-order valence-electron chi connectivity index (χ3n) is 4.58.